The van der Waals surface area contributed by atoms with E-state index in [0.29, 0.717) is 31.6 Å². The summed E-state index contributed by atoms with van der Waals surface area (Å²) in [5, 5.41) is 10.6. The highest BCUT2D eigenvalue weighted by Gasteiger charge is 2.30. The Kier molecular flexibility index (Phi) is 59.4. The van der Waals surface area contributed by atoms with Crippen molar-refractivity contribution in [2.75, 3.05) is 39.6 Å². The molecule has 0 fully saturated rings. The number of hydrogen-bond acceptors (Lipinski definition) is 15. The van der Waals surface area contributed by atoms with Gasteiger partial charge in [0, 0.05) is 25.7 Å². The molecule has 0 aliphatic heterocycles. The van der Waals surface area contributed by atoms with Gasteiger partial charge in [-0.05, 0) is 49.4 Å². The molecule has 0 rings (SSSR count). The van der Waals surface area contributed by atoms with Crippen molar-refractivity contribution in [1.29, 1.82) is 0 Å². The molecule has 0 heterocycles. The summed E-state index contributed by atoms with van der Waals surface area (Å²) in [6, 6.07) is 0. The van der Waals surface area contributed by atoms with Gasteiger partial charge in [0.2, 0.25) is 0 Å². The zero-order valence-corrected chi connectivity index (χ0v) is 60.6. The van der Waals surface area contributed by atoms with E-state index in [0.717, 1.165) is 114 Å². The van der Waals surface area contributed by atoms with Crippen LogP contribution in [-0.2, 0) is 65.4 Å². The van der Waals surface area contributed by atoms with E-state index in [9.17, 15) is 43.2 Å². The van der Waals surface area contributed by atoms with E-state index in [1.54, 1.807) is 0 Å². The molecule has 17 nitrogen and oxygen atoms in total. The minimum Gasteiger partial charge on any atom is -0.462 e. The van der Waals surface area contributed by atoms with E-state index >= 15 is 0 Å². The van der Waals surface area contributed by atoms with E-state index in [-0.39, 0.29) is 25.7 Å². The number of carbonyl (C=O) groups is 4. The number of carbonyl (C=O) groups excluding carboxylic acids is 4. The highest BCUT2D eigenvalue weighted by atomic mass is 31.2. The first-order valence-electron chi connectivity index (χ1n) is 36.7. The summed E-state index contributed by atoms with van der Waals surface area (Å²) in [5.41, 5.74) is 0. The van der Waals surface area contributed by atoms with Crippen LogP contribution >= 0.6 is 15.6 Å². The lowest BCUT2D eigenvalue weighted by Gasteiger charge is -2.21. The minimum atomic E-state index is -4.95. The average Bonchev–Trinajstić information content (AvgIpc) is 3.51. The number of rotatable bonds is 68. The van der Waals surface area contributed by atoms with E-state index in [2.05, 4.69) is 55.4 Å². The van der Waals surface area contributed by atoms with E-state index in [4.69, 9.17) is 37.0 Å². The molecule has 0 saturated heterocycles. The van der Waals surface area contributed by atoms with Crippen molar-refractivity contribution in [1.82, 2.24) is 0 Å². The Hall–Kier alpha value is -1.94. The molecular weight excluding hydrogens is 1190 g/mol. The topological polar surface area (TPSA) is 237 Å². The van der Waals surface area contributed by atoms with Gasteiger partial charge in [-0.3, -0.25) is 37.3 Å². The van der Waals surface area contributed by atoms with Crippen LogP contribution in [0.1, 0.15) is 351 Å². The number of phosphoric acid groups is 2. The molecule has 0 spiro atoms. The SMILES string of the molecule is CCC(C)CCCCCCCCC(=O)O[C@H](COC(=O)CCCCCCCCCC(C)C)COP(=O)(O)OCC(O)COP(=O)(O)OC[C@@H](COC(=O)CCCCCCCCCCCCC(C)C)OC(=O)CCCCCCCCCCCCCCCCC(C)C. The van der Waals surface area contributed by atoms with Crippen LogP contribution in [0.15, 0.2) is 0 Å². The van der Waals surface area contributed by atoms with Crippen LogP contribution in [0, 0.1) is 23.7 Å². The van der Waals surface area contributed by atoms with Crippen molar-refractivity contribution < 1.29 is 80.2 Å². The van der Waals surface area contributed by atoms with Crippen LogP contribution in [0.25, 0.3) is 0 Å². The number of unbranched alkanes of at least 4 members (excludes halogenated alkanes) is 33. The number of phosphoric ester groups is 2. The third kappa shape index (κ3) is 63.5. The van der Waals surface area contributed by atoms with Crippen molar-refractivity contribution in [3.8, 4) is 0 Å². The average molecular weight is 1330 g/mol. The molecule has 6 atom stereocenters. The number of ether oxygens (including phenoxy) is 4. The molecule has 0 aliphatic carbocycles. The first-order valence-corrected chi connectivity index (χ1v) is 39.7. The van der Waals surface area contributed by atoms with Crippen molar-refractivity contribution in [3.63, 3.8) is 0 Å². The zero-order chi connectivity index (χ0) is 66.8. The van der Waals surface area contributed by atoms with Crippen molar-refractivity contribution in [2.45, 2.75) is 369 Å². The summed E-state index contributed by atoms with van der Waals surface area (Å²) in [6.07, 6.45) is 43.2. The summed E-state index contributed by atoms with van der Waals surface area (Å²) in [6.45, 7) is 14.1. The van der Waals surface area contributed by atoms with Crippen molar-refractivity contribution >= 4 is 39.5 Å². The van der Waals surface area contributed by atoms with Crippen molar-refractivity contribution in [3.05, 3.63) is 0 Å². The van der Waals surface area contributed by atoms with Crippen LogP contribution in [0.2, 0.25) is 0 Å². The highest BCUT2D eigenvalue weighted by Crippen LogP contribution is 2.45. The number of hydrogen-bond donors (Lipinski definition) is 3. The number of aliphatic hydroxyl groups excluding tert-OH is 1. The molecule has 0 radical (unpaired) electrons. The lowest BCUT2D eigenvalue weighted by atomic mass is 10.00. The molecule has 19 heteroatoms. The van der Waals surface area contributed by atoms with Gasteiger partial charge in [0.15, 0.2) is 12.2 Å². The van der Waals surface area contributed by atoms with Gasteiger partial charge >= 0.3 is 39.5 Å². The number of aliphatic hydroxyl groups is 1. The standard InChI is InChI=1S/C71H138O17P2/c1-9-64(8)50-42-34-29-30-38-46-54-71(76)88-67(58-82-69(74)52-44-36-28-22-25-33-41-49-63(6)7)60-86-90(79,80)84-56-65(72)55-83-89(77,78)85-59-66(57-81-68(73)51-43-35-26-20-17-16-19-24-32-40-48-62(4)5)87-70(75)53-45-37-27-21-15-13-11-10-12-14-18-23-31-39-47-61(2)3/h61-67,72H,9-60H2,1-8H3,(H,77,78)(H,79,80)/t64?,65?,66-,67-/m1/s1. The zero-order valence-electron chi connectivity index (χ0n) is 58.8. The fourth-order valence-electron chi connectivity index (χ4n) is 10.6. The second-order valence-corrected chi connectivity index (χ2v) is 30.2. The molecule has 0 amide bonds. The third-order valence-corrected chi connectivity index (χ3v) is 18.6. The molecule has 0 aromatic carbocycles. The number of esters is 4. The van der Waals surface area contributed by atoms with Crippen molar-refractivity contribution in [2.24, 2.45) is 23.7 Å². The largest absolute Gasteiger partial charge is 0.472 e. The van der Waals surface area contributed by atoms with Gasteiger partial charge in [-0.15, -0.1) is 0 Å². The Balaban J connectivity index is 5.24. The second kappa shape index (κ2) is 60.7. The Labute approximate surface area is 549 Å². The van der Waals surface area contributed by atoms with Gasteiger partial charge in [-0.1, -0.05) is 299 Å². The normalized spacial score (nSPS) is 14.6. The van der Waals surface area contributed by atoms with Crippen LogP contribution in [-0.4, -0.2) is 96.7 Å². The fraction of sp³-hybridized carbons (Fsp3) is 0.944. The maximum absolute atomic E-state index is 13.0. The lowest BCUT2D eigenvalue weighted by molar-refractivity contribution is -0.161. The molecule has 4 unspecified atom stereocenters. The van der Waals surface area contributed by atoms with E-state index in [1.807, 2.05) is 0 Å². The first-order chi connectivity index (χ1) is 43.1. The fourth-order valence-corrected chi connectivity index (χ4v) is 12.2. The molecule has 90 heavy (non-hydrogen) atoms. The van der Waals surface area contributed by atoms with Crippen LogP contribution in [0.4, 0.5) is 0 Å². The Bertz CT molecular complexity index is 1780. The summed E-state index contributed by atoms with van der Waals surface area (Å²) in [5.74, 6) is 0.848. The summed E-state index contributed by atoms with van der Waals surface area (Å²) >= 11 is 0. The van der Waals surface area contributed by atoms with Crippen LogP contribution < -0.4 is 0 Å². The van der Waals surface area contributed by atoms with Gasteiger partial charge in [0.1, 0.15) is 19.3 Å². The molecular formula is C71H138O17P2. The Morgan fingerprint density at radius 3 is 0.789 bits per heavy atom. The predicted molar refractivity (Wildman–Crippen MR) is 363 cm³/mol. The molecule has 0 bridgehead atoms. The quantitative estimate of drug-likeness (QED) is 0.0222. The summed E-state index contributed by atoms with van der Waals surface area (Å²) < 4.78 is 68.3. The highest BCUT2D eigenvalue weighted by molar-refractivity contribution is 7.47. The van der Waals surface area contributed by atoms with Gasteiger partial charge in [-0.25, -0.2) is 9.13 Å². The molecule has 0 saturated carbocycles. The molecule has 3 N–H and O–H groups in total. The van der Waals surface area contributed by atoms with E-state index in [1.165, 1.54) is 148 Å². The maximum Gasteiger partial charge on any atom is 0.472 e. The molecule has 0 aromatic heterocycles. The summed E-state index contributed by atoms with van der Waals surface area (Å²) in [4.78, 5) is 72.5. The monoisotopic (exact) mass is 1320 g/mol. The smallest absolute Gasteiger partial charge is 0.462 e. The van der Waals surface area contributed by atoms with Crippen LogP contribution in [0.5, 0.6) is 0 Å². The predicted octanol–water partition coefficient (Wildman–Crippen LogP) is 20.1. The molecule has 0 aromatic rings. The van der Waals surface area contributed by atoms with Gasteiger partial charge in [0.25, 0.3) is 0 Å². The Morgan fingerprint density at radius 1 is 0.311 bits per heavy atom. The Morgan fingerprint density at radius 2 is 0.533 bits per heavy atom. The van der Waals surface area contributed by atoms with E-state index < -0.39 is 97.5 Å². The van der Waals surface area contributed by atoms with Gasteiger partial charge in [0.05, 0.1) is 26.4 Å². The third-order valence-electron chi connectivity index (χ3n) is 16.7. The van der Waals surface area contributed by atoms with Gasteiger partial charge < -0.3 is 33.8 Å². The lowest BCUT2D eigenvalue weighted by Crippen LogP contribution is -2.30. The molecule has 0 aliphatic rings. The maximum atomic E-state index is 13.0. The minimum absolute atomic E-state index is 0.102. The van der Waals surface area contributed by atoms with Gasteiger partial charge in [-0.2, -0.15) is 0 Å². The second-order valence-electron chi connectivity index (χ2n) is 27.3. The summed E-state index contributed by atoms with van der Waals surface area (Å²) in [7, 11) is -9.90. The first kappa shape index (κ1) is 88.1. The van der Waals surface area contributed by atoms with Crippen LogP contribution in [0.3, 0.4) is 0 Å². The molecule has 534 valence electrons.